The van der Waals surface area contributed by atoms with Gasteiger partial charge in [0.25, 0.3) is 0 Å². The summed E-state index contributed by atoms with van der Waals surface area (Å²) < 4.78 is 0. The second kappa shape index (κ2) is 7.29. The minimum absolute atomic E-state index is 0.583. The molecule has 1 nitrogen and oxygen atoms in total. The van der Waals surface area contributed by atoms with Gasteiger partial charge in [0.05, 0.1) is 0 Å². The maximum Gasteiger partial charge on any atom is 0.00105 e. The van der Waals surface area contributed by atoms with Crippen molar-refractivity contribution in [2.24, 2.45) is 0 Å². The normalized spacial score (nSPS) is 12.2. The van der Waals surface area contributed by atoms with Crippen LogP contribution in [0.5, 0.6) is 0 Å². The third kappa shape index (κ3) is 5.69. The van der Waals surface area contributed by atoms with Gasteiger partial charge < -0.3 is 5.32 Å². The quantitative estimate of drug-likeness (QED) is 0.579. The fourth-order valence-corrected chi connectivity index (χ4v) is 1.87. The Balaban J connectivity index is 2.41. The lowest BCUT2D eigenvalue weighted by atomic mass is 10.0. The summed E-state index contributed by atoms with van der Waals surface area (Å²) in [5.41, 5.74) is 4.29. The summed E-state index contributed by atoms with van der Waals surface area (Å²) in [6.07, 6.45) is 4.55. The highest BCUT2D eigenvalue weighted by atomic mass is 14.9. The van der Waals surface area contributed by atoms with Gasteiger partial charge in [-0.25, -0.2) is 0 Å². The van der Waals surface area contributed by atoms with Gasteiger partial charge in [0.15, 0.2) is 0 Å². The van der Waals surface area contributed by atoms with Crippen LogP contribution < -0.4 is 5.32 Å². The first-order chi connectivity index (χ1) is 8.09. The molecule has 0 unspecified atom stereocenters. The van der Waals surface area contributed by atoms with Gasteiger partial charge in [-0.2, -0.15) is 0 Å². The van der Waals surface area contributed by atoms with Crippen molar-refractivity contribution >= 4 is 0 Å². The van der Waals surface area contributed by atoms with Gasteiger partial charge in [0.2, 0.25) is 0 Å². The number of rotatable bonds is 6. The highest BCUT2D eigenvalue weighted by Crippen LogP contribution is 2.12. The monoisotopic (exact) mass is 231 g/mol. The molecule has 0 spiro atoms. The Morgan fingerprint density at radius 3 is 2.65 bits per heavy atom. The molecule has 0 amide bonds. The van der Waals surface area contributed by atoms with Crippen LogP contribution in [-0.4, -0.2) is 12.6 Å². The molecule has 0 atom stereocenters. The summed E-state index contributed by atoms with van der Waals surface area (Å²) in [5.74, 6) is 0. The molecule has 0 aliphatic rings. The van der Waals surface area contributed by atoms with Crippen molar-refractivity contribution in [3.05, 3.63) is 47.0 Å². The standard InChI is InChI=1S/C16H25N/c1-13(2)17-11-7-8-14(3)12-16-10-6-5-9-15(16)4/h5-6,8-10,13,17H,7,11-12H2,1-4H3. The van der Waals surface area contributed by atoms with Crippen LogP contribution in [0.15, 0.2) is 35.9 Å². The van der Waals surface area contributed by atoms with Crippen molar-refractivity contribution in [1.82, 2.24) is 5.32 Å². The Labute approximate surface area is 106 Å². The average molecular weight is 231 g/mol. The number of hydrogen-bond acceptors (Lipinski definition) is 1. The van der Waals surface area contributed by atoms with Crippen LogP contribution in [0.1, 0.15) is 38.3 Å². The molecule has 1 N–H and O–H groups in total. The highest BCUT2D eigenvalue weighted by Gasteiger charge is 1.98. The molecule has 0 aliphatic carbocycles. The van der Waals surface area contributed by atoms with Crippen molar-refractivity contribution in [1.29, 1.82) is 0 Å². The molecule has 0 aliphatic heterocycles. The van der Waals surface area contributed by atoms with E-state index in [1.54, 1.807) is 0 Å². The summed E-state index contributed by atoms with van der Waals surface area (Å²) in [6, 6.07) is 9.21. The van der Waals surface area contributed by atoms with Gasteiger partial charge in [-0.3, -0.25) is 0 Å². The molecule has 0 saturated heterocycles. The molecule has 1 rings (SSSR count). The molecule has 94 valence electrons. The molecule has 0 radical (unpaired) electrons. The Hall–Kier alpha value is -1.08. The van der Waals surface area contributed by atoms with Crippen LogP contribution in [0.4, 0.5) is 0 Å². The Bertz CT molecular complexity index is 364. The minimum atomic E-state index is 0.583. The van der Waals surface area contributed by atoms with Crippen LogP contribution in [0.3, 0.4) is 0 Å². The maximum absolute atomic E-state index is 3.43. The predicted molar refractivity (Wildman–Crippen MR) is 76.4 cm³/mol. The second-order valence-corrected chi connectivity index (χ2v) is 5.05. The van der Waals surface area contributed by atoms with Gasteiger partial charge in [-0.05, 0) is 44.4 Å². The van der Waals surface area contributed by atoms with Gasteiger partial charge in [0.1, 0.15) is 0 Å². The van der Waals surface area contributed by atoms with Crippen LogP contribution in [0.2, 0.25) is 0 Å². The zero-order valence-corrected chi connectivity index (χ0v) is 11.6. The summed E-state index contributed by atoms with van der Waals surface area (Å²) >= 11 is 0. The van der Waals surface area contributed by atoms with E-state index in [1.165, 1.54) is 16.7 Å². The first-order valence-electron chi connectivity index (χ1n) is 6.53. The first kappa shape index (κ1) is 14.0. The fraction of sp³-hybridized carbons (Fsp3) is 0.500. The van der Waals surface area contributed by atoms with Crippen molar-refractivity contribution < 1.29 is 0 Å². The molecular weight excluding hydrogens is 206 g/mol. The molecule has 0 aromatic heterocycles. The van der Waals surface area contributed by atoms with Gasteiger partial charge in [-0.15, -0.1) is 0 Å². The molecule has 0 bridgehead atoms. The molecule has 17 heavy (non-hydrogen) atoms. The van der Waals surface area contributed by atoms with Crippen LogP contribution in [0, 0.1) is 6.92 Å². The molecule has 0 fully saturated rings. The van der Waals surface area contributed by atoms with E-state index in [0.717, 1.165) is 19.4 Å². The zero-order chi connectivity index (χ0) is 12.7. The number of benzene rings is 1. The van der Waals surface area contributed by atoms with Crippen LogP contribution in [-0.2, 0) is 6.42 Å². The first-order valence-corrected chi connectivity index (χ1v) is 6.53. The second-order valence-electron chi connectivity index (χ2n) is 5.05. The van der Waals surface area contributed by atoms with E-state index in [1.807, 2.05) is 0 Å². The van der Waals surface area contributed by atoms with E-state index in [-0.39, 0.29) is 0 Å². The van der Waals surface area contributed by atoms with Crippen LogP contribution in [0.25, 0.3) is 0 Å². The van der Waals surface area contributed by atoms with Crippen molar-refractivity contribution in [3.8, 4) is 0 Å². The molecule has 0 saturated carbocycles. The maximum atomic E-state index is 3.43. The Kier molecular flexibility index (Phi) is 5.99. The van der Waals surface area contributed by atoms with Gasteiger partial charge >= 0.3 is 0 Å². The van der Waals surface area contributed by atoms with Crippen molar-refractivity contribution in [3.63, 3.8) is 0 Å². The third-order valence-corrected chi connectivity index (χ3v) is 2.92. The molecule has 0 heterocycles. The van der Waals surface area contributed by atoms with E-state index < -0.39 is 0 Å². The lowest BCUT2D eigenvalue weighted by Crippen LogP contribution is -2.23. The Morgan fingerprint density at radius 2 is 2.00 bits per heavy atom. The summed E-state index contributed by atoms with van der Waals surface area (Å²) in [4.78, 5) is 0. The van der Waals surface area contributed by atoms with E-state index in [9.17, 15) is 0 Å². The largest absolute Gasteiger partial charge is 0.314 e. The molecule has 1 aromatic rings. The van der Waals surface area contributed by atoms with Gasteiger partial charge in [-0.1, -0.05) is 49.8 Å². The lowest BCUT2D eigenvalue weighted by Gasteiger charge is -2.08. The van der Waals surface area contributed by atoms with Crippen LogP contribution >= 0.6 is 0 Å². The summed E-state index contributed by atoms with van der Waals surface area (Å²) in [7, 11) is 0. The average Bonchev–Trinajstić information content (AvgIpc) is 2.27. The number of nitrogens with one attached hydrogen (secondary N) is 1. The molecule has 1 aromatic carbocycles. The topological polar surface area (TPSA) is 12.0 Å². The minimum Gasteiger partial charge on any atom is -0.314 e. The SMILES string of the molecule is CC(=CCCNC(C)C)Cc1ccccc1C. The molecule has 1 heteroatoms. The number of hydrogen-bond donors (Lipinski definition) is 1. The van der Waals surface area contributed by atoms with E-state index in [2.05, 4.69) is 63.4 Å². The number of aryl methyl sites for hydroxylation is 1. The summed E-state index contributed by atoms with van der Waals surface area (Å²) in [5, 5.41) is 3.43. The van der Waals surface area contributed by atoms with E-state index >= 15 is 0 Å². The van der Waals surface area contributed by atoms with Gasteiger partial charge in [0, 0.05) is 6.04 Å². The zero-order valence-electron chi connectivity index (χ0n) is 11.6. The van der Waals surface area contributed by atoms with E-state index in [0.29, 0.717) is 6.04 Å². The Morgan fingerprint density at radius 1 is 1.29 bits per heavy atom. The van der Waals surface area contributed by atoms with E-state index in [4.69, 9.17) is 0 Å². The van der Waals surface area contributed by atoms with Crippen molar-refractivity contribution in [2.75, 3.05) is 6.54 Å². The molecular formula is C16H25N. The lowest BCUT2D eigenvalue weighted by molar-refractivity contribution is 0.594. The predicted octanol–water partition coefficient (Wildman–Crippen LogP) is 3.87. The number of allylic oxidation sites excluding steroid dienone is 1. The smallest absolute Gasteiger partial charge is 0.00105 e. The fourth-order valence-electron chi connectivity index (χ4n) is 1.87. The van der Waals surface area contributed by atoms with Crippen molar-refractivity contribution in [2.45, 2.75) is 46.6 Å². The summed E-state index contributed by atoms with van der Waals surface area (Å²) in [6.45, 7) is 9.85. The highest BCUT2D eigenvalue weighted by molar-refractivity contribution is 5.29. The third-order valence-electron chi connectivity index (χ3n) is 2.92.